The molecule has 0 aliphatic heterocycles. The molecule has 0 radical (unpaired) electrons. The molecule has 0 unspecified atom stereocenters. The summed E-state index contributed by atoms with van der Waals surface area (Å²) in [6.45, 7) is 10.8. The van der Waals surface area contributed by atoms with Gasteiger partial charge in [-0.3, -0.25) is 4.18 Å². The first-order valence-electron chi connectivity index (χ1n) is 6.04. The Morgan fingerprint density at radius 2 is 1.63 bits per heavy atom. The summed E-state index contributed by atoms with van der Waals surface area (Å²) in [4.78, 5) is 11.7. The summed E-state index contributed by atoms with van der Waals surface area (Å²) >= 11 is 0. The minimum Gasteiger partial charge on any atom is -0.444 e. The highest BCUT2D eigenvalue weighted by Gasteiger charge is 2.29. The smallest absolute Gasteiger partial charge is 0.407 e. The number of hydrogen-bond acceptors (Lipinski definition) is 5. The van der Waals surface area contributed by atoms with Gasteiger partial charge in [-0.15, -0.1) is 0 Å². The quantitative estimate of drug-likeness (QED) is 0.801. The van der Waals surface area contributed by atoms with Gasteiger partial charge in [-0.1, -0.05) is 20.8 Å². The van der Waals surface area contributed by atoms with Crippen molar-refractivity contribution in [3.8, 4) is 0 Å². The Balaban J connectivity index is 4.67. The lowest BCUT2D eigenvalue weighted by Gasteiger charge is -2.31. The summed E-state index contributed by atoms with van der Waals surface area (Å²) in [6, 6.07) is -0.475. The Labute approximate surface area is 116 Å². The average molecular weight is 295 g/mol. The van der Waals surface area contributed by atoms with Crippen LogP contribution in [0.4, 0.5) is 4.79 Å². The molecule has 19 heavy (non-hydrogen) atoms. The highest BCUT2D eigenvalue weighted by atomic mass is 32.2. The standard InChI is InChI=1S/C12H25NO5S/c1-11(2,3)9(8-17-19(7,15)16)13-10(14)18-12(4,5)6/h9H,8H2,1-7H3,(H,13,14)/t9-/m1/s1. The second-order valence-electron chi connectivity index (χ2n) is 6.55. The fourth-order valence-electron chi connectivity index (χ4n) is 1.15. The molecule has 6 nitrogen and oxygen atoms in total. The van der Waals surface area contributed by atoms with Gasteiger partial charge in [-0.25, -0.2) is 4.79 Å². The van der Waals surface area contributed by atoms with E-state index in [0.29, 0.717) is 0 Å². The molecule has 0 bridgehead atoms. The lowest BCUT2D eigenvalue weighted by molar-refractivity contribution is 0.0432. The van der Waals surface area contributed by atoms with E-state index in [1.807, 2.05) is 20.8 Å². The van der Waals surface area contributed by atoms with E-state index in [1.165, 1.54) is 0 Å². The Hall–Kier alpha value is -0.820. The lowest BCUT2D eigenvalue weighted by Crippen LogP contribution is -2.48. The maximum absolute atomic E-state index is 11.7. The molecule has 114 valence electrons. The van der Waals surface area contributed by atoms with Crippen LogP contribution in [0.5, 0.6) is 0 Å². The van der Waals surface area contributed by atoms with Gasteiger partial charge in [0.2, 0.25) is 0 Å². The van der Waals surface area contributed by atoms with Crippen molar-refractivity contribution in [3.05, 3.63) is 0 Å². The van der Waals surface area contributed by atoms with Gasteiger partial charge in [0, 0.05) is 0 Å². The topological polar surface area (TPSA) is 81.7 Å². The molecule has 0 saturated heterocycles. The van der Waals surface area contributed by atoms with Crippen LogP contribution in [-0.2, 0) is 19.0 Å². The molecule has 0 aliphatic rings. The molecule has 0 fully saturated rings. The van der Waals surface area contributed by atoms with E-state index < -0.39 is 27.9 Å². The number of carbonyl (C=O) groups excluding carboxylic acids is 1. The van der Waals surface area contributed by atoms with Crippen LogP contribution < -0.4 is 5.32 Å². The van der Waals surface area contributed by atoms with E-state index in [4.69, 9.17) is 8.92 Å². The molecule has 0 aromatic heterocycles. The van der Waals surface area contributed by atoms with Gasteiger partial charge in [0.1, 0.15) is 5.60 Å². The predicted octanol–water partition coefficient (Wildman–Crippen LogP) is 1.90. The van der Waals surface area contributed by atoms with Crippen LogP contribution in [0.3, 0.4) is 0 Å². The van der Waals surface area contributed by atoms with Crippen LogP contribution >= 0.6 is 0 Å². The van der Waals surface area contributed by atoms with Crippen LogP contribution in [0, 0.1) is 5.41 Å². The molecule has 0 saturated carbocycles. The number of amides is 1. The third-order valence-electron chi connectivity index (χ3n) is 2.19. The fraction of sp³-hybridized carbons (Fsp3) is 0.917. The molecular weight excluding hydrogens is 270 g/mol. The molecule has 7 heteroatoms. The number of carbonyl (C=O) groups is 1. The van der Waals surface area contributed by atoms with Crippen molar-refractivity contribution in [3.63, 3.8) is 0 Å². The monoisotopic (exact) mass is 295 g/mol. The third kappa shape index (κ3) is 9.72. The molecule has 0 aromatic rings. The van der Waals surface area contributed by atoms with Gasteiger partial charge < -0.3 is 10.1 Å². The zero-order valence-corrected chi connectivity index (χ0v) is 13.6. The van der Waals surface area contributed by atoms with Crippen LogP contribution in [0.15, 0.2) is 0 Å². The molecule has 0 aliphatic carbocycles. The number of hydrogen-bond donors (Lipinski definition) is 1. The van der Waals surface area contributed by atoms with Crippen molar-refractivity contribution in [1.29, 1.82) is 0 Å². The highest BCUT2D eigenvalue weighted by Crippen LogP contribution is 2.20. The third-order valence-corrected chi connectivity index (χ3v) is 2.75. The van der Waals surface area contributed by atoms with Crippen LogP contribution in [-0.4, -0.2) is 39.0 Å². The van der Waals surface area contributed by atoms with Gasteiger partial charge in [0.15, 0.2) is 0 Å². The van der Waals surface area contributed by atoms with Crippen molar-refractivity contribution in [2.45, 2.75) is 53.2 Å². The first-order chi connectivity index (χ1) is 8.21. The highest BCUT2D eigenvalue weighted by molar-refractivity contribution is 7.85. The molecule has 0 rings (SSSR count). The van der Waals surface area contributed by atoms with E-state index in [0.717, 1.165) is 6.26 Å². The predicted molar refractivity (Wildman–Crippen MR) is 73.4 cm³/mol. The molecule has 1 N–H and O–H groups in total. The lowest BCUT2D eigenvalue weighted by atomic mass is 9.87. The van der Waals surface area contributed by atoms with Gasteiger partial charge in [0.25, 0.3) is 10.1 Å². The Bertz CT molecular complexity index is 403. The fourth-order valence-corrected chi connectivity index (χ4v) is 1.53. The van der Waals surface area contributed by atoms with Crippen molar-refractivity contribution < 1.29 is 22.1 Å². The summed E-state index contributed by atoms with van der Waals surface area (Å²) < 4.78 is 31.9. The molecule has 0 heterocycles. The van der Waals surface area contributed by atoms with Gasteiger partial charge >= 0.3 is 6.09 Å². The molecule has 0 spiro atoms. The first-order valence-corrected chi connectivity index (χ1v) is 7.86. The van der Waals surface area contributed by atoms with Crippen molar-refractivity contribution >= 4 is 16.2 Å². The van der Waals surface area contributed by atoms with Gasteiger partial charge in [-0.2, -0.15) is 8.42 Å². The van der Waals surface area contributed by atoms with Gasteiger partial charge in [0.05, 0.1) is 18.9 Å². The maximum atomic E-state index is 11.7. The first kappa shape index (κ1) is 18.2. The number of rotatable bonds is 4. The molecule has 1 atom stereocenters. The Morgan fingerprint density at radius 1 is 1.16 bits per heavy atom. The normalized spacial score (nSPS) is 14.9. The van der Waals surface area contributed by atoms with Crippen molar-refractivity contribution in [2.24, 2.45) is 5.41 Å². The van der Waals surface area contributed by atoms with E-state index in [9.17, 15) is 13.2 Å². The molecule has 0 aromatic carbocycles. The number of ether oxygens (including phenoxy) is 1. The summed E-state index contributed by atoms with van der Waals surface area (Å²) in [5.74, 6) is 0. The SMILES string of the molecule is CC(C)(C)OC(=O)N[C@H](COS(C)(=O)=O)C(C)(C)C. The molecular formula is C12H25NO5S. The zero-order chi connectivity index (χ0) is 15.5. The average Bonchev–Trinajstić information content (AvgIpc) is 2.05. The maximum Gasteiger partial charge on any atom is 0.407 e. The van der Waals surface area contributed by atoms with E-state index >= 15 is 0 Å². The second kappa shape index (κ2) is 6.09. The largest absolute Gasteiger partial charge is 0.444 e. The van der Waals surface area contributed by atoms with Crippen molar-refractivity contribution in [2.75, 3.05) is 12.9 Å². The summed E-state index contributed by atoms with van der Waals surface area (Å²) in [6.07, 6.45) is 0.379. The zero-order valence-electron chi connectivity index (χ0n) is 12.7. The van der Waals surface area contributed by atoms with Gasteiger partial charge in [-0.05, 0) is 26.2 Å². The summed E-state index contributed by atoms with van der Waals surface area (Å²) in [7, 11) is -3.54. The van der Waals surface area contributed by atoms with Crippen LogP contribution in [0.25, 0.3) is 0 Å². The summed E-state index contributed by atoms with van der Waals surface area (Å²) in [5.41, 5.74) is -0.966. The Morgan fingerprint density at radius 3 is 1.95 bits per heavy atom. The Kier molecular flexibility index (Phi) is 5.83. The second-order valence-corrected chi connectivity index (χ2v) is 8.20. The minimum absolute atomic E-state index is 0.123. The minimum atomic E-state index is -3.54. The van der Waals surface area contributed by atoms with Crippen LogP contribution in [0.1, 0.15) is 41.5 Å². The summed E-state index contributed by atoms with van der Waals surface area (Å²) in [5, 5.41) is 2.64. The van der Waals surface area contributed by atoms with E-state index in [-0.39, 0.29) is 12.0 Å². The number of nitrogens with one attached hydrogen (secondary N) is 1. The van der Waals surface area contributed by atoms with E-state index in [2.05, 4.69) is 5.32 Å². The van der Waals surface area contributed by atoms with E-state index in [1.54, 1.807) is 20.8 Å². The number of alkyl carbamates (subject to hydrolysis) is 1. The molecule has 1 amide bonds. The van der Waals surface area contributed by atoms with Crippen molar-refractivity contribution in [1.82, 2.24) is 5.32 Å². The van der Waals surface area contributed by atoms with Crippen LogP contribution in [0.2, 0.25) is 0 Å².